The van der Waals surface area contributed by atoms with Gasteiger partial charge in [-0.1, -0.05) is 37.3 Å². The van der Waals surface area contributed by atoms with Crippen molar-refractivity contribution in [2.24, 2.45) is 5.92 Å². The van der Waals surface area contributed by atoms with Gasteiger partial charge in [-0.15, -0.1) is 0 Å². The number of nitrogens with one attached hydrogen (secondary N) is 2. The third-order valence-corrected chi connectivity index (χ3v) is 4.47. The van der Waals surface area contributed by atoms with Gasteiger partial charge in [0.15, 0.2) is 11.6 Å². The van der Waals surface area contributed by atoms with Crippen LogP contribution in [0.1, 0.15) is 41.8 Å². The number of amides is 3. The number of carbonyl (C=O) groups excluding carboxylic acids is 3. The molecule has 2 aromatic carbocycles. The van der Waals surface area contributed by atoms with Crippen LogP contribution in [-0.4, -0.2) is 28.2 Å². The molecule has 0 bridgehead atoms. The van der Waals surface area contributed by atoms with Gasteiger partial charge in [0.1, 0.15) is 6.10 Å². The van der Waals surface area contributed by atoms with Crippen molar-refractivity contribution in [2.45, 2.75) is 25.9 Å². The maximum atomic E-state index is 13.9. The number of allylic oxidation sites excluding steroid dienone is 1. The number of ether oxygens (including phenoxy) is 1. The molecule has 0 aliphatic heterocycles. The second kappa shape index (κ2) is 11.5. The normalized spacial score (nSPS) is 12.7. The Labute approximate surface area is 178 Å². The van der Waals surface area contributed by atoms with Crippen molar-refractivity contribution < 1.29 is 33.8 Å². The highest BCUT2D eigenvalue weighted by Gasteiger charge is 2.25. The predicted octanol–water partition coefficient (Wildman–Crippen LogP) is 3.62. The molecule has 0 fully saturated rings. The zero-order valence-electron chi connectivity index (χ0n) is 16.7. The number of phenolic OH excluding ortho intramolecular Hbond substituents is 1. The van der Waals surface area contributed by atoms with Crippen molar-refractivity contribution >= 4 is 17.9 Å². The lowest BCUT2D eigenvalue weighted by Crippen LogP contribution is -2.33. The molecule has 2 atom stereocenters. The molecule has 0 radical (unpaired) electrons. The zero-order chi connectivity index (χ0) is 22.8. The second-order valence-corrected chi connectivity index (χ2v) is 6.79. The number of imide groups is 1. The van der Waals surface area contributed by atoms with Crippen molar-refractivity contribution in [3.8, 4) is 5.75 Å². The van der Waals surface area contributed by atoms with Crippen molar-refractivity contribution in [3.63, 3.8) is 0 Å². The first-order valence-electron chi connectivity index (χ1n) is 9.47. The molecule has 2 rings (SSSR count). The van der Waals surface area contributed by atoms with Crippen LogP contribution in [0.2, 0.25) is 0 Å². The molecule has 2 aromatic rings. The summed E-state index contributed by atoms with van der Waals surface area (Å²) in [4.78, 5) is 35.5. The number of hydroxylamine groups is 1. The van der Waals surface area contributed by atoms with Crippen molar-refractivity contribution in [1.29, 1.82) is 0 Å². The van der Waals surface area contributed by atoms with E-state index in [1.165, 1.54) is 29.8 Å². The molecule has 4 N–H and O–H groups in total. The summed E-state index contributed by atoms with van der Waals surface area (Å²) in [5.74, 6) is -3.09. The number of aromatic hydroxyl groups is 1. The molecule has 31 heavy (non-hydrogen) atoms. The molecular weight excluding hydrogens is 407 g/mol. The highest BCUT2D eigenvalue weighted by molar-refractivity contribution is 6.02. The number of hydrogen-bond donors (Lipinski definition) is 4. The van der Waals surface area contributed by atoms with Gasteiger partial charge in [-0.05, 0) is 48.6 Å². The summed E-state index contributed by atoms with van der Waals surface area (Å²) in [6.45, 7) is 1.75. The zero-order valence-corrected chi connectivity index (χ0v) is 16.7. The van der Waals surface area contributed by atoms with Crippen LogP contribution in [0.25, 0.3) is 0 Å². The molecule has 3 amide bonds. The predicted molar refractivity (Wildman–Crippen MR) is 109 cm³/mol. The lowest BCUT2D eigenvalue weighted by Gasteiger charge is -2.24. The fourth-order valence-electron chi connectivity index (χ4n) is 2.85. The van der Waals surface area contributed by atoms with Crippen molar-refractivity contribution in [2.75, 3.05) is 0 Å². The van der Waals surface area contributed by atoms with Crippen LogP contribution >= 0.6 is 0 Å². The van der Waals surface area contributed by atoms with Gasteiger partial charge in [0, 0.05) is 11.6 Å². The third-order valence-electron chi connectivity index (χ3n) is 4.47. The van der Waals surface area contributed by atoms with Gasteiger partial charge in [-0.3, -0.25) is 20.1 Å². The van der Waals surface area contributed by atoms with E-state index in [-0.39, 0.29) is 11.5 Å². The van der Waals surface area contributed by atoms with Crippen LogP contribution in [0.5, 0.6) is 5.75 Å². The maximum Gasteiger partial charge on any atom is 0.414 e. The van der Waals surface area contributed by atoms with E-state index in [4.69, 9.17) is 9.94 Å². The van der Waals surface area contributed by atoms with Crippen LogP contribution < -0.4 is 10.8 Å². The fraction of sp³-hybridized carbons (Fsp3) is 0.227. The Kier molecular flexibility index (Phi) is 8.71. The summed E-state index contributed by atoms with van der Waals surface area (Å²) in [6, 6.07) is 11.7. The van der Waals surface area contributed by atoms with Crippen LogP contribution in [-0.2, 0) is 9.53 Å². The smallest absolute Gasteiger partial charge is 0.414 e. The highest BCUT2D eigenvalue weighted by atomic mass is 19.1. The Bertz CT molecular complexity index is 948. The Morgan fingerprint density at radius 1 is 1.16 bits per heavy atom. The summed E-state index contributed by atoms with van der Waals surface area (Å²) in [5.41, 5.74) is 2.03. The minimum absolute atomic E-state index is 0.270. The van der Waals surface area contributed by atoms with Crippen molar-refractivity contribution in [3.05, 3.63) is 77.6 Å². The van der Waals surface area contributed by atoms with Crippen LogP contribution in [0, 0.1) is 11.7 Å². The summed E-state index contributed by atoms with van der Waals surface area (Å²) in [6.07, 6.45) is 1.57. The SMILES string of the molecule is C[C@@H](CC/C=C/C(=O)NO)[C@H](OC(=O)NC(=O)c1ccccc1)c1ccc(O)c(F)c1. The monoisotopic (exact) mass is 430 g/mol. The van der Waals surface area contributed by atoms with E-state index in [0.29, 0.717) is 18.4 Å². The first kappa shape index (κ1) is 23.6. The molecule has 0 spiro atoms. The summed E-state index contributed by atoms with van der Waals surface area (Å²) in [7, 11) is 0. The average molecular weight is 430 g/mol. The number of hydrogen-bond acceptors (Lipinski definition) is 6. The van der Waals surface area contributed by atoms with Crippen LogP contribution in [0.4, 0.5) is 9.18 Å². The van der Waals surface area contributed by atoms with Gasteiger partial charge in [0.25, 0.3) is 11.8 Å². The molecule has 0 heterocycles. The Hall–Kier alpha value is -3.72. The van der Waals surface area contributed by atoms with E-state index in [9.17, 15) is 23.9 Å². The van der Waals surface area contributed by atoms with E-state index in [2.05, 4.69) is 5.32 Å². The van der Waals surface area contributed by atoms with Gasteiger partial charge in [-0.25, -0.2) is 14.7 Å². The molecule has 8 nitrogen and oxygen atoms in total. The van der Waals surface area contributed by atoms with Crippen molar-refractivity contribution in [1.82, 2.24) is 10.8 Å². The topological polar surface area (TPSA) is 125 Å². The Morgan fingerprint density at radius 3 is 2.52 bits per heavy atom. The molecule has 0 aliphatic rings. The average Bonchev–Trinajstić information content (AvgIpc) is 2.77. The number of benzene rings is 2. The molecule has 0 saturated heterocycles. The van der Waals surface area contributed by atoms with Crippen LogP contribution in [0.15, 0.2) is 60.7 Å². The highest BCUT2D eigenvalue weighted by Crippen LogP contribution is 2.31. The number of rotatable bonds is 8. The molecular formula is C22H23FN2O6. The second-order valence-electron chi connectivity index (χ2n) is 6.79. The summed E-state index contributed by atoms with van der Waals surface area (Å²) < 4.78 is 19.3. The standard InChI is InChI=1S/C22H23FN2O6/c1-14(7-5-6-10-19(27)25-30)20(16-11-12-18(26)17(23)13-16)31-22(29)24-21(28)15-8-3-2-4-9-15/h2-4,6,8-14,20,26,30H,5,7H2,1H3,(H,25,27)(H,24,28,29)/b10-6+/t14-,20-/m0/s1. The van der Waals surface area contributed by atoms with E-state index in [1.807, 2.05) is 0 Å². The number of phenols is 1. The lowest BCUT2D eigenvalue weighted by molar-refractivity contribution is -0.124. The van der Waals surface area contributed by atoms with E-state index >= 15 is 0 Å². The minimum Gasteiger partial charge on any atom is -0.505 e. The molecule has 9 heteroatoms. The van der Waals surface area contributed by atoms with Gasteiger partial charge >= 0.3 is 6.09 Å². The quantitative estimate of drug-likeness (QED) is 0.288. The van der Waals surface area contributed by atoms with Crippen LogP contribution in [0.3, 0.4) is 0 Å². The molecule has 0 unspecified atom stereocenters. The van der Waals surface area contributed by atoms with Gasteiger partial charge < -0.3 is 9.84 Å². The molecule has 164 valence electrons. The number of halogens is 1. The van der Waals surface area contributed by atoms with E-state index in [0.717, 1.165) is 18.2 Å². The maximum absolute atomic E-state index is 13.9. The molecule has 0 saturated carbocycles. The van der Waals surface area contributed by atoms with E-state index in [1.54, 1.807) is 25.1 Å². The Balaban J connectivity index is 2.12. The summed E-state index contributed by atoms with van der Waals surface area (Å²) in [5, 5.41) is 20.0. The third kappa shape index (κ3) is 7.23. The largest absolute Gasteiger partial charge is 0.505 e. The number of alkyl carbamates (subject to hydrolysis) is 1. The van der Waals surface area contributed by atoms with Gasteiger partial charge in [-0.2, -0.15) is 0 Å². The first-order chi connectivity index (χ1) is 14.8. The minimum atomic E-state index is -1.01. The summed E-state index contributed by atoms with van der Waals surface area (Å²) >= 11 is 0. The first-order valence-corrected chi connectivity index (χ1v) is 9.47. The molecule has 0 aromatic heterocycles. The molecule has 0 aliphatic carbocycles. The lowest BCUT2D eigenvalue weighted by atomic mass is 9.93. The number of carbonyl (C=O) groups is 3. The van der Waals surface area contributed by atoms with Gasteiger partial charge in [0.2, 0.25) is 0 Å². The Morgan fingerprint density at radius 2 is 1.87 bits per heavy atom. The van der Waals surface area contributed by atoms with Gasteiger partial charge in [0.05, 0.1) is 0 Å². The fourth-order valence-corrected chi connectivity index (χ4v) is 2.85. The van der Waals surface area contributed by atoms with E-state index < -0.39 is 35.6 Å².